The molecule has 1 saturated heterocycles. The third kappa shape index (κ3) is 1.62. The Kier molecular flexibility index (Phi) is 2.14. The maximum atomic E-state index is 5.41. The summed E-state index contributed by atoms with van der Waals surface area (Å²) in [6, 6.07) is 10.1. The van der Waals surface area contributed by atoms with Crippen LogP contribution in [0, 0.1) is 0 Å². The molecule has 13 heavy (non-hydrogen) atoms. The summed E-state index contributed by atoms with van der Waals surface area (Å²) in [6.07, 6.45) is 0.00806. The second kappa shape index (κ2) is 3.16. The fraction of sp³-hybridized carbons (Fsp3) is 0.400. The van der Waals surface area contributed by atoms with Crippen LogP contribution < -0.4 is 0 Å². The SMILES string of the molecule is CC1(C)O[B]O[C@H]1c1ccccc1. The number of benzene rings is 1. The van der Waals surface area contributed by atoms with Crippen LogP contribution in [-0.4, -0.2) is 13.3 Å². The molecule has 3 heteroatoms. The molecule has 0 unspecified atom stereocenters. The molecule has 0 spiro atoms. The van der Waals surface area contributed by atoms with Gasteiger partial charge >= 0.3 is 7.69 Å². The van der Waals surface area contributed by atoms with Crippen LogP contribution in [0.25, 0.3) is 0 Å². The minimum Gasteiger partial charge on any atom is -0.405 e. The van der Waals surface area contributed by atoms with E-state index in [1.165, 1.54) is 7.69 Å². The fourth-order valence-electron chi connectivity index (χ4n) is 1.54. The van der Waals surface area contributed by atoms with Gasteiger partial charge in [-0.15, -0.1) is 0 Å². The van der Waals surface area contributed by atoms with Crippen molar-refractivity contribution in [2.24, 2.45) is 0 Å². The second-order valence-electron chi connectivity index (χ2n) is 3.74. The molecule has 0 saturated carbocycles. The van der Waals surface area contributed by atoms with E-state index >= 15 is 0 Å². The highest BCUT2D eigenvalue weighted by atomic mass is 16.6. The lowest BCUT2D eigenvalue weighted by Gasteiger charge is -2.25. The molecule has 1 fully saturated rings. The first kappa shape index (κ1) is 8.79. The normalized spacial score (nSPS) is 25.5. The van der Waals surface area contributed by atoms with Gasteiger partial charge in [0.15, 0.2) is 0 Å². The Morgan fingerprint density at radius 3 is 2.46 bits per heavy atom. The van der Waals surface area contributed by atoms with Gasteiger partial charge in [0.05, 0.1) is 11.7 Å². The third-order valence-electron chi connectivity index (χ3n) is 2.28. The largest absolute Gasteiger partial charge is 0.489 e. The zero-order valence-electron chi connectivity index (χ0n) is 7.86. The number of rotatable bonds is 1. The quantitative estimate of drug-likeness (QED) is 0.608. The molecule has 0 aliphatic carbocycles. The molecule has 2 rings (SSSR count). The average Bonchev–Trinajstić information content (AvgIpc) is 2.47. The maximum Gasteiger partial charge on any atom is 0.489 e. The molecular weight excluding hydrogens is 163 g/mol. The highest BCUT2D eigenvalue weighted by molar-refractivity contribution is 6.19. The smallest absolute Gasteiger partial charge is 0.405 e. The van der Waals surface area contributed by atoms with E-state index in [2.05, 4.69) is 12.1 Å². The van der Waals surface area contributed by atoms with Gasteiger partial charge in [-0.05, 0) is 19.4 Å². The summed E-state index contributed by atoms with van der Waals surface area (Å²) < 4.78 is 10.8. The predicted molar refractivity (Wildman–Crippen MR) is 51.2 cm³/mol. The van der Waals surface area contributed by atoms with Crippen molar-refractivity contribution in [2.75, 3.05) is 0 Å². The van der Waals surface area contributed by atoms with Crippen molar-refractivity contribution < 1.29 is 9.31 Å². The fourth-order valence-corrected chi connectivity index (χ4v) is 1.54. The Morgan fingerprint density at radius 2 is 1.92 bits per heavy atom. The van der Waals surface area contributed by atoms with Crippen LogP contribution >= 0.6 is 0 Å². The van der Waals surface area contributed by atoms with Gasteiger partial charge in [-0.25, -0.2) is 0 Å². The molecule has 1 heterocycles. The summed E-state index contributed by atoms with van der Waals surface area (Å²) in [5.41, 5.74) is 0.891. The Morgan fingerprint density at radius 1 is 1.23 bits per heavy atom. The summed E-state index contributed by atoms with van der Waals surface area (Å²) in [7, 11) is 1.43. The minimum atomic E-state index is -0.263. The summed E-state index contributed by atoms with van der Waals surface area (Å²) >= 11 is 0. The highest BCUT2D eigenvalue weighted by Gasteiger charge is 2.38. The van der Waals surface area contributed by atoms with Crippen molar-refractivity contribution in [3.8, 4) is 0 Å². The van der Waals surface area contributed by atoms with Gasteiger partial charge in [-0.2, -0.15) is 0 Å². The van der Waals surface area contributed by atoms with Crippen LogP contribution in [0.4, 0.5) is 0 Å². The van der Waals surface area contributed by atoms with Gasteiger partial charge in [0.25, 0.3) is 0 Å². The van der Waals surface area contributed by atoms with E-state index in [1.54, 1.807) is 0 Å². The average molecular weight is 175 g/mol. The molecule has 67 valence electrons. The molecule has 1 aromatic carbocycles. The summed E-state index contributed by atoms with van der Waals surface area (Å²) in [5, 5.41) is 0. The molecule has 1 radical (unpaired) electrons. The lowest BCUT2D eigenvalue weighted by molar-refractivity contribution is 0.0730. The number of hydrogen-bond donors (Lipinski definition) is 0. The summed E-state index contributed by atoms with van der Waals surface area (Å²) in [6.45, 7) is 4.04. The molecule has 1 aliphatic rings. The zero-order chi connectivity index (χ0) is 9.31. The first-order valence-corrected chi connectivity index (χ1v) is 4.40. The van der Waals surface area contributed by atoms with Crippen LogP contribution in [0.15, 0.2) is 30.3 Å². The lowest BCUT2D eigenvalue weighted by atomic mass is 9.95. The molecule has 0 N–H and O–H groups in total. The molecule has 1 aliphatic heterocycles. The Bertz CT molecular complexity index is 284. The van der Waals surface area contributed by atoms with Gasteiger partial charge in [0, 0.05) is 0 Å². The van der Waals surface area contributed by atoms with Crippen molar-refractivity contribution in [3.63, 3.8) is 0 Å². The van der Waals surface area contributed by atoms with E-state index in [1.807, 2.05) is 32.0 Å². The maximum absolute atomic E-state index is 5.41. The van der Waals surface area contributed by atoms with Crippen molar-refractivity contribution in [1.82, 2.24) is 0 Å². The topological polar surface area (TPSA) is 18.5 Å². The third-order valence-corrected chi connectivity index (χ3v) is 2.28. The van der Waals surface area contributed by atoms with Gasteiger partial charge in [-0.3, -0.25) is 0 Å². The van der Waals surface area contributed by atoms with Crippen molar-refractivity contribution in [2.45, 2.75) is 25.6 Å². The van der Waals surface area contributed by atoms with E-state index in [4.69, 9.17) is 9.31 Å². The van der Waals surface area contributed by atoms with Gasteiger partial charge in [-0.1, -0.05) is 30.3 Å². The number of hydrogen-bond acceptors (Lipinski definition) is 2. The van der Waals surface area contributed by atoms with Crippen molar-refractivity contribution in [3.05, 3.63) is 35.9 Å². The molecule has 1 aromatic rings. The summed E-state index contributed by atoms with van der Waals surface area (Å²) in [4.78, 5) is 0. The first-order chi connectivity index (χ1) is 6.20. The minimum absolute atomic E-state index is 0.00806. The highest BCUT2D eigenvalue weighted by Crippen LogP contribution is 2.35. The van der Waals surface area contributed by atoms with Gasteiger partial charge in [0.2, 0.25) is 0 Å². The van der Waals surface area contributed by atoms with Crippen LogP contribution in [0.1, 0.15) is 25.5 Å². The molecule has 0 amide bonds. The van der Waals surface area contributed by atoms with E-state index in [0.29, 0.717) is 0 Å². The van der Waals surface area contributed by atoms with E-state index in [-0.39, 0.29) is 11.7 Å². The Labute approximate surface area is 79.2 Å². The van der Waals surface area contributed by atoms with Crippen LogP contribution in [-0.2, 0) is 9.31 Å². The van der Waals surface area contributed by atoms with Crippen molar-refractivity contribution in [1.29, 1.82) is 0 Å². The van der Waals surface area contributed by atoms with Crippen LogP contribution in [0.5, 0.6) is 0 Å². The lowest BCUT2D eigenvalue weighted by Crippen LogP contribution is -2.25. The second-order valence-corrected chi connectivity index (χ2v) is 3.74. The first-order valence-electron chi connectivity index (χ1n) is 4.40. The monoisotopic (exact) mass is 175 g/mol. The standard InChI is InChI=1S/C10H12BO2/c1-10(2)9(12-11-13-10)8-6-4-3-5-7-8/h3-7,9H,1-2H3/t9-/m0/s1. The summed E-state index contributed by atoms with van der Waals surface area (Å²) in [5.74, 6) is 0. The van der Waals surface area contributed by atoms with E-state index in [9.17, 15) is 0 Å². The zero-order valence-corrected chi connectivity index (χ0v) is 7.86. The van der Waals surface area contributed by atoms with Crippen molar-refractivity contribution >= 4 is 7.69 Å². The van der Waals surface area contributed by atoms with Crippen LogP contribution in [0.3, 0.4) is 0 Å². The molecule has 1 atom stereocenters. The van der Waals surface area contributed by atoms with Gasteiger partial charge < -0.3 is 9.31 Å². The molecule has 0 aromatic heterocycles. The molecular formula is C10H12BO2. The molecule has 0 bridgehead atoms. The predicted octanol–water partition coefficient (Wildman–Crippen LogP) is 2.09. The van der Waals surface area contributed by atoms with E-state index in [0.717, 1.165) is 5.56 Å². The Hall–Kier alpha value is -0.795. The molecule has 2 nitrogen and oxygen atoms in total. The van der Waals surface area contributed by atoms with E-state index < -0.39 is 0 Å². The van der Waals surface area contributed by atoms with Gasteiger partial charge in [0.1, 0.15) is 0 Å². The van der Waals surface area contributed by atoms with Crippen LogP contribution in [0.2, 0.25) is 0 Å². The Balaban J connectivity index is 2.27.